The lowest BCUT2D eigenvalue weighted by Gasteiger charge is -2.02. The Morgan fingerprint density at radius 3 is 2.85 bits per heavy atom. The third-order valence-electron chi connectivity index (χ3n) is 3.58. The Hall–Kier alpha value is -2.78. The molecule has 2 aromatic carbocycles. The maximum Gasteiger partial charge on any atom is 0.272 e. The highest BCUT2D eigenvalue weighted by atomic mass is 32.2. The van der Waals surface area contributed by atoms with Crippen LogP contribution in [0, 0.1) is 21.8 Å². The van der Waals surface area contributed by atoms with Crippen LogP contribution < -0.4 is 0 Å². The summed E-state index contributed by atoms with van der Waals surface area (Å²) in [6.07, 6.45) is 1.53. The summed E-state index contributed by atoms with van der Waals surface area (Å²) in [5.74, 6) is 0.728. The van der Waals surface area contributed by atoms with Gasteiger partial charge in [0, 0.05) is 22.9 Å². The van der Waals surface area contributed by atoms with E-state index in [0.29, 0.717) is 21.1 Å². The second-order valence-electron chi connectivity index (χ2n) is 5.45. The van der Waals surface area contributed by atoms with Crippen molar-refractivity contribution in [2.75, 3.05) is 0 Å². The number of nitro benzene ring substituents is 1. The lowest BCUT2D eigenvalue weighted by molar-refractivity contribution is -0.385. The first-order valence-corrected chi connectivity index (χ1v) is 9.07. The van der Waals surface area contributed by atoms with Gasteiger partial charge in [0.05, 0.1) is 11.1 Å². The van der Waals surface area contributed by atoms with Crippen molar-refractivity contribution >= 4 is 35.9 Å². The van der Waals surface area contributed by atoms with Gasteiger partial charge in [-0.3, -0.25) is 10.1 Å². The van der Waals surface area contributed by atoms with Gasteiger partial charge in [-0.15, -0.1) is 5.10 Å². The van der Waals surface area contributed by atoms with Crippen molar-refractivity contribution in [2.24, 2.45) is 5.10 Å². The fourth-order valence-electron chi connectivity index (χ4n) is 2.22. The number of aromatic nitrogens is 3. The minimum Gasteiger partial charge on any atom is -0.258 e. The first-order valence-electron chi connectivity index (χ1n) is 7.68. The molecule has 3 aromatic rings. The Labute approximate surface area is 158 Å². The van der Waals surface area contributed by atoms with Crippen molar-refractivity contribution in [2.45, 2.75) is 17.8 Å². The maximum absolute atomic E-state index is 11.1. The molecule has 1 heterocycles. The molecule has 0 saturated carbocycles. The SMILES string of the molecule is Cc1ccc(/C=N\n2c(SCc3ccccc3)n[nH]c2=S)cc1[N+](=O)[O-]. The van der Waals surface area contributed by atoms with Gasteiger partial charge in [0.25, 0.3) is 5.69 Å². The molecule has 1 aromatic heterocycles. The molecule has 0 spiro atoms. The van der Waals surface area contributed by atoms with Crippen LogP contribution in [0.5, 0.6) is 0 Å². The van der Waals surface area contributed by atoms with Gasteiger partial charge >= 0.3 is 0 Å². The van der Waals surface area contributed by atoms with Gasteiger partial charge in [0.15, 0.2) is 0 Å². The highest BCUT2D eigenvalue weighted by Crippen LogP contribution is 2.21. The zero-order chi connectivity index (χ0) is 18.5. The molecule has 0 amide bonds. The standard InChI is InChI=1S/C17H15N5O2S2/c1-12-7-8-14(9-15(12)22(23)24)10-18-21-16(25)19-20-17(21)26-11-13-5-3-2-4-6-13/h2-10H,11H2,1H3,(H,19,25)/b18-10-. The summed E-state index contributed by atoms with van der Waals surface area (Å²) in [4.78, 5) is 10.7. The van der Waals surface area contributed by atoms with Crippen LogP contribution >= 0.6 is 24.0 Å². The molecule has 0 aliphatic carbocycles. The molecule has 1 N–H and O–H groups in total. The van der Waals surface area contributed by atoms with E-state index < -0.39 is 4.92 Å². The predicted molar refractivity (Wildman–Crippen MR) is 104 cm³/mol. The number of nitrogens with one attached hydrogen (secondary N) is 1. The van der Waals surface area contributed by atoms with Crippen molar-refractivity contribution in [3.05, 3.63) is 80.1 Å². The van der Waals surface area contributed by atoms with E-state index in [9.17, 15) is 10.1 Å². The minimum absolute atomic E-state index is 0.0587. The second-order valence-corrected chi connectivity index (χ2v) is 6.77. The molecular weight excluding hydrogens is 370 g/mol. The normalized spacial score (nSPS) is 11.1. The number of nitro groups is 1. The van der Waals surface area contributed by atoms with Crippen LogP contribution in [-0.4, -0.2) is 26.0 Å². The molecule has 132 valence electrons. The molecule has 0 aliphatic heterocycles. The number of benzene rings is 2. The first kappa shape index (κ1) is 18.0. The zero-order valence-electron chi connectivity index (χ0n) is 13.8. The number of H-pyrrole nitrogens is 1. The topological polar surface area (TPSA) is 89.1 Å². The number of rotatable bonds is 6. The molecule has 7 nitrogen and oxygen atoms in total. The molecule has 3 rings (SSSR count). The van der Waals surface area contributed by atoms with Gasteiger partial charge in [-0.2, -0.15) is 9.78 Å². The van der Waals surface area contributed by atoms with Crippen LogP contribution in [0.1, 0.15) is 16.7 Å². The predicted octanol–water partition coefficient (Wildman–Crippen LogP) is 4.33. The van der Waals surface area contributed by atoms with Gasteiger partial charge in [-0.25, -0.2) is 5.10 Å². The molecule has 0 radical (unpaired) electrons. The third-order valence-corrected chi connectivity index (χ3v) is 4.85. The Balaban J connectivity index is 1.81. The molecular formula is C17H15N5O2S2. The summed E-state index contributed by atoms with van der Waals surface area (Å²) in [5.41, 5.74) is 2.44. The van der Waals surface area contributed by atoms with Crippen molar-refractivity contribution in [1.29, 1.82) is 0 Å². The number of nitrogens with zero attached hydrogens (tertiary/aromatic N) is 4. The highest BCUT2D eigenvalue weighted by Gasteiger charge is 2.10. The van der Waals surface area contributed by atoms with E-state index >= 15 is 0 Å². The molecule has 26 heavy (non-hydrogen) atoms. The molecule has 9 heteroatoms. The molecule has 0 unspecified atom stereocenters. The van der Waals surface area contributed by atoms with E-state index in [2.05, 4.69) is 15.3 Å². The monoisotopic (exact) mass is 385 g/mol. The highest BCUT2D eigenvalue weighted by molar-refractivity contribution is 7.98. The zero-order valence-corrected chi connectivity index (χ0v) is 15.5. The largest absolute Gasteiger partial charge is 0.272 e. The molecule has 0 bridgehead atoms. The summed E-state index contributed by atoms with van der Waals surface area (Å²) in [7, 11) is 0. The van der Waals surface area contributed by atoms with Crippen molar-refractivity contribution in [3.8, 4) is 0 Å². The summed E-state index contributed by atoms with van der Waals surface area (Å²) in [6.45, 7) is 1.70. The number of hydrogen-bond donors (Lipinski definition) is 1. The summed E-state index contributed by atoms with van der Waals surface area (Å²) < 4.78 is 1.87. The Kier molecular flexibility index (Phi) is 5.59. The second kappa shape index (κ2) is 8.07. The molecule has 0 aliphatic rings. The Morgan fingerprint density at radius 2 is 2.12 bits per heavy atom. The van der Waals surface area contributed by atoms with E-state index in [-0.39, 0.29) is 5.69 Å². The average Bonchev–Trinajstić information content (AvgIpc) is 2.99. The van der Waals surface area contributed by atoms with Gasteiger partial charge < -0.3 is 0 Å². The molecule has 0 fully saturated rings. The fourth-order valence-corrected chi connectivity index (χ4v) is 3.32. The van der Waals surface area contributed by atoms with Crippen molar-refractivity contribution in [1.82, 2.24) is 14.9 Å². The maximum atomic E-state index is 11.1. The lowest BCUT2D eigenvalue weighted by Crippen LogP contribution is -1.96. The summed E-state index contributed by atoms with van der Waals surface area (Å²) in [5, 5.41) is 22.9. The first-order chi connectivity index (χ1) is 12.5. The van der Waals surface area contributed by atoms with Crippen molar-refractivity contribution < 1.29 is 4.92 Å². The van der Waals surface area contributed by atoms with Crippen molar-refractivity contribution in [3.63, 3.8) is 0 Å². The van der Waals surface area contributed by atoms with E-state index in [1.54, 1.807) is 19.1 Å². The van der Waals surface area contributed by atoms with E-state index in [1.807, 2.05) is 30.3 Å². The lowest BCUT2D eigenvalue weighted by atomic mass is 10.1. The number of thioether (sulfide) groups is 1. The summed E-state index contributed by atoms with van der Waals surface area (Å²) >= 11 is 6.72. The van der Waals surface area contributed by atoms with E-state index in [1.165, 1.54) is 28.7 Å². The number of aryl methyl sites for hydroxylation is 1. The summed E-state index contributed by atoms with van der Waals surface area (Å²) in [6, 6.07) is 15.0. The molecule has 0 atom stereocenters. The Morgan fingerprint density at radius 1 is 1.35 bits per heavy atom. The van der Waals surface area contributed by atoms with Crippen LogP contribution in [0.25, 0.3) is 0 Å². The smallest absolute Gasteiger partial charge is 0.258 e. The molecule has 0 saturated heterocycles. The number of aromatic amines is 1. The van der Waals surface area contributed by atoms with Crippen LogP contribution in [0.2, 0.25) is 0 Å². The van der Waals surface area contributed by atoms with Gasteiger partial charge in [-0.1, -0.05) is 54.2 Å². The quantitative estimate of drug-likeness (QED) is 0.224. The van der Waals surface area contributed by atoms with E-state index in [0.717, 1.165) is 11.3 Å². The van der Waals surface area contributed by atoms with Crippen LogP contribution in [0.4, 0.5) is 5.69 Å². The average molecular weight is 385 g/mol. The fraction of sp³-hybridized carbons (Fsp3) is 0.118. The van der Waals surface area contributed by atoms with Crippen LogP contribution in [0.3, 0.4) is 0 Å². The minimum atomic E-state index is -0.405. The van der Waals surface area contributed by atoms with E-state index in [4.69, 9.17) is 12.2 Å². The van der Waals surface area contributed by atoms with Gasteiger partial charge in [0.1, 0.15) is 0 Å². The Bertz CT molecular complexity index is 1010. The van der Waals surface area contributed by atoms with Gasteiger partial charge in [-0.05, 0) is 24.7 Å². The number of hydrogen-bond acceptors (Lipinski definition) is 6. The van der Waals surface area contributed by atoms with Crippen LogP contribution in [-0.2, 0) is 5.75 Å². The third kappa shape index (κ3) is 4.24. The van der Waals surface area contributed by atoms with Crippen LogP contribution in [0.15, 0.2) is 58.8 Å². The van der Waals surface area contributed by atoms with Gasteiger partial charge in [0.2, 0.25) is 9.93 Å².